The van der Waals surface area contributed by atoms with Gasteiger partial charge in [-0.1, -0.05) is 6.07 Å². The zero-order chi connectivity index (χ0) is 11.0. The third-order valence-corrected chi connectivity index (χ3v) is 2.98. The summed E-state index contributed by atoms with van der Waals surface area (Å²) in [5, 5.41) is 9.07. The normalized spacial score (nSPS) is 13.3. The van der Waals surface area contributed by atoms with E-state index in [2.05, 4.69) is 20.9 Å². The number of hydrogen-bond donors (Lipinski definition) is 2. The minimum atomic E-state index is -0.381. The van der Waals surface area contributed by atoms with Gasteiger partial charge >= 0.3 is 0 Å². The molecule has 2 heterocycles. The molecule has 0 aliphatic rings. The van der Waals surface area contributed by atoms with Crippen molar-refractivity contribution in [2.75, 3.05) is 6.61 Å². The molecule has 3 N–H and O–H groups in total. The molecule has 5 heteroatoms. The molecule has 0 aliphatic heterocycles. The number of nitrogens with two attached hydrogens (primary N) is 1. The lowest BCUT2D eigenvalue weighted by Gasteiger charge is -2.12. The van der Waals surface area contributed by atoms with Crippen molar-refractivity contribution in [3.63, 3.8) is 0 Å². The van der Waals surface area contributed by atoms with Crippen LogP contribution in [0.25, 0.3) is 5.52 Å². The number of hydrogen-bond acceptors (Lipinski definition) is 3. The Labute approximate surface area is 95.9 Å². The minimum absolute atomic E-state index is 0.0750. The Morgan fingerprint density at radius 2 is 2.33 bits per heavy atom. The van der Waals surface area contributed by atoms with Gasteiger partial charge in [0.25, 0.3) is 0 Å². The average Bonchev–Trinajstić information content (AvgIpc) is 2.54. The lowest BCUT2D eigenvalue weighted by atomic mass is 10.2. The Morgan fingerprint density at radius 3 is 3.00 bits per heavy atom. The van der Waals surface area contributed by atoms with Crippen LogP contribution in [0.1, 0.15) is 17.6 Å². The molecule has 0 aromatic carbocycles. The highest BCUT2D eigenvalue weighted by molar-refractivity contribution is 9.10. The number of nitrogens with zero attached hydrogens (tertiary/aromatic N) is 2. The molecule has 1 unspecified atom stereocenters. The third kappa shape index (κ3) is 1.67. The first kappa shape index (κ1) is 10.6. The molecule has 80 valence electrons. The Bertz CT molecular complexity index is 495. The van der Waals surface area contributed by atoms with Crippen molar-refractivity contribution >= 4 is 21.4 Å². The lowest BCUT2D eigenvalue weighted by molar-refractivity contribution is 0.265. The molecule has 0 saturated heterocycles. The van der Waals surface area contributed by atoms with E-state index in [4.69, 9.17) is 10.8 Å². The van der Waals surface area contributed by atoms with Gasteiger partial charge in [0, 0.05) is 5.69 Å². The molecule has 15 heavy (non-hydrogen) atoms. The van der Waals surface area contributed by atoms with E-state index in [0.717, 1.165) is 21.6 Å². The molecule has 0 amide bonds. The van der Waals surface area contributed by atoms with Gasteiger partial charge in [-0.2, -0.15) is 0 Å². The van der Waals surface area contributed by atoms with E-state index in [1.54, 1.807) is 0 Å². The summed E-state index contributed by atoms with van der Waals surface area (Å²) in [6.45, 7) is 1.83. The Hall–Kier alpha value is -0.910. The minimum Gasteiger partial charge on any atom is -0.394 e. The number of aliphatic hydroxyl groups excluding tert-OH is 1. The quantitative estimate of drug-likeness (QED) is 0.867. The standard InChI is InChI=1S/C10H12BrN3O/c1-6-13-10(11)9-4-2-3-8(14(6)9)7(12)5-15/h2-4,7,15H,5,12H2,1H3. The molecule has 2 aromatic heterocycles. The zero-order valence-corrected chi connectivity index (χ0v) is 9.90. The van der Waals surface area contributed by atoms with E-state index in [1.165, 1.54) is 0 Å². The van der Waals surface area contributed by atoms with Crippen molar-refractivity contribution in [1.82, 2.24) is 9.38 Å². The van der Waals surface area contributed by atoms with Gasteiger partial charge in [0.05, 0.1) is 18.2 Å². The van der Waals surface area contributed by atoms with E-state index in [9.17, 15) is 0 Å². The number of pyridine rings is 1. The molecular formula is C10H12BrN3O. The summed E-state index contributed by atoms with van der Waals surface area (Å²) < 4.78 is 2.75. The molecule has 1 atom stereocenters. The van der Waals surface area contributed by atoms with Crippen LogP contribution in [0.2, 0.25) is 0 Å². The van der Waals surface area contributed by atoms with Crippen LogP contribution in [0.4, 0.5) is 0 Å². The van der Waals surface area contributed by atoms with E-state index in [1.807, 2.05) is 29.5 Å². The molecule has 0 spiro atoms. The van der Waals surface area contributed by atoms with Crippen molar-refractivity contribution in [2.24, 2.45) is 5.73 Å². The fourth-order valence-corrected chi connectivity index (χ4v) is 2.25. The maximum Gasteiger partial charge on any atom is 0.132 e. The second kappa shape index (κ2) is 3.92. The lowest BCUT2D eigenvalue weighted by Crippen LogP contribution is -2.18. The van der Waals surface area contributed by atoms with Gasteiger partial charge in [0.2, 0.25) is 0 Å². The number of rotatable bonds is 2. The Morgan fingerprint density at radius 1 is 1.60 bits per heavy atom. The number of halogens is 1. The monoisotopic (exact) mass is 269 g/mol. The van der Waals surface area contributed by atoms with Gasteiger partial charge in [-0.3, -0.25) is 4.40 Å². The van der Waals surface area contributed by atoms with Gasteiger partial charge in [-0.15, -0.1) is 0 Å². The fraction of sp³-hybridized carbons (Fsp3) is 0.300. The van der Waals surface area contributed by atoms with E-state index in [0.29, 0.717) is 0 Å². The number of aromatic nitrogens is 2. The van der Waals surface area contributed by atoms with E-state index < -0.39 is 0 Å². The highest BCUT2D eigenvalue weighted by atomic mass is 79.9. The number of aliphatic hydroxyl groups is 1. The SMILES string of the molecule is Cc1nc(Br)c2cccc(C(N)CO)n12. The van der Waals surface area contributed by atoms with Crippen LogP contribution in [-0.2, 0) is 0 Å². The smallest absolute Gasteiger partial charge is 0.132 e. The number of imidazole rings is 1. The van der Waals surface area contributed by atoms with Crippen molar-refractivity contribution in [2.45, 2.75) is 13.0 Å². The second-order valence-electron chi connectivity index (χ2n) is 3.41. The Kier molecular flexibility index (Phi) is 2.77. The summed E-state index contributed by atoms with van der Waals surface area (Å²) in [5.74, 6) is 0.858. The molecule has 0 aliphatic carbocycles. The first-order valence-corrected chi connectivity index (χ1v) is 5.44. The van der Waals surface area contributed by atoms with Gasteiger partial charge < -0.3 is 10.8 Å². The maximum atomic E-state index is 9.07. The summed E-state index contributed by atoms with van der Waals surface area (Å²) >= 11 is 3.39. The van der Waals surface area contributed by atoms with Crippen molar-refractivity contribution < 1.29 is 5.11 Å². The van der Waals surface area contributed by atoms with Crippen molar-refractivity contribution in [1.29, 1.82) is 0 Å². The van der Waals surface area contributed by atoms with Crippen LogP contribution in [0.3, 0.4) is 0 Å². The summed E-state index contributed by atoms with van der Waals surface area (Å²) in [4.78, 5) is 4.31. The predicted molar refractivity (Wildman–Crippen MR) is 61.6 cm³/mol. The number of aryl methyl sites for hydroxylation is 1. The Balaban J connectivity index is 2.75. The molecule has 4 nitrogen and oxygen atoms in total. The maximum absolute atomic E-state index is 9.07. The van der Waals surface area contributed by atoms with Crippen LogP contribution in [-0.4, -0.2) is 21.1 Å². The predicted octanol–water partition coefficient (Wildman–Crippen LogP) is 1.40. The van der Waals surface area contributed by atoms with E-state index >= 15 is 0 Å². The molecule has 0 saturated carbocycles. The summed E-state index contributed by atoms with van der Waals surface area (Å²) in [7, 11) is 0. The van der Waals surface area contributed by atoms with E-state index in [-0.39, 0.29) is 12.6 Å². The topological polar surface area (TPSA) is 63.5 Å². The van der Waals surface area contributed by atoms with Crippen LogP contribution in [0, 0.1) is 6.92 Å². The average molecular weight is 270 g/mol. The van der Waals surface area contributed by atoms with Gasteiger partial charge in [-0.05, 0) is 35.0 Å². The fourth-order valence-electron chi connectivity index (χ4n) is 1.68. The van der Waals surface area contributed by atoms with Crippen LogP contribution in [0.15, 0.2) is 22.8 Å². The highest BCUT2D eigenvalue weighted by Crippen LogP contribution is 2.22. The highest BCUT2D eigenvalue weighted by Gasteiger charge is 2.13. The van der Waals surface area contributed by atoms with Crippen LogP contribution < -0.4 is 5.73 Å². The molecule has 2 rings (SSSR count). The summed E-state index contributed by atoms with van der Waals surface area (Å²) in [6, 6.07) is 5.38. The van der Waals surface area contributed by atoms with Gasteiger partial charge in [-0.25, -0.2) is 4.98 Å². The number of fused-ring (bicyclic) bond motifs is 1. The van der Waals surface area contributed by atoms with Crippen molar-refractivity contribution in [3.8, 4) is 0 Å². The van der Waals surface area contributed by atoms with Crippen LogP contribution in [0.5, 0.6) is 0 Å². The van der Waals surface area contributed by atoms with Crippen LogP contribution >= 0.6 is 15.9 Å². The molecule has 0 fully saturated rings. The first-order valence-electron chi connectivity index (χ1n) is 4.65. The van der Waals surface area contributed by atoms with Crippen molar-refractivity contribution in [3.05, 3.63) is 34.3 Å². The zero-order valence-electron chi connectivity index (χ0n) is 8.31. The molecule has 0 radical (unpaired) electrons. The summed E-state index contributed by atoms with van der Waals surface area (Å²) in [6.07, 6.45) is 0. The molecular weight excluding hydrogens is 258 g/mol. The largest absolute Gasteiger partial charge is 0.394 e. The first-order chi connectivity index (χ1) is 7.15. The van der Waals surface area contributed by atoms with Gasteiger partial charge in [0.1, 0.15) is 10.4 Å². The van der Waals surface area contributed by atoms with Gasteiger partial charge in [0.15, 0.2) is 0 Å². The summed E-state index contributed by atoms with van der Waals surface area (Å²) in [5.41, 5.74) is 7.66. The molecule has 0 bridgehead atoms. The molecule has 2 aromatic rings. The third-order valence-electron chi connectivity index (χ3n) is 2.39. The second-order valence-corrected chi connectivity index (χ2v) is 4.16.